The zero-order valence-corrected chi connectivity index (χ0v) is 20.1. The zero-order valence-electron chi connectivity index (χ0n) is 18.6. The topological polar surface area (TPSA) is 103 Å². The highest BCUT2D eigenvalue weighted by molar-refractivity contribution is 7.17. The second-order valence-corrected chi connectivity index (χ2v) is 10.2. The fourth-order valence-corrected chi connectivity index (χ4v) is 5.41. The molecule has 1 fully saturated rings. The normalized spacial score (nSPS) is 18.2. The number of nitrogens with zero attached hydrogens (tertiary/aromatic N) is 5. The van der Waals surface area contributed by atoms with Gasteiger partial charge >= 0.3 is 0 Å². The lowest BCUT2D eigenvalue weighted by molar-refractivity contribution is -0.116. The summed E-state index contributed by atoms with van der Waals surface area (Å²) in [5.74, 6) is 0.575. The number of thiazole rings is 1. The van der Waals surface area contributed by atoms with E-state index in [0.717, 1.165) is 53.9 Å². The molecule has 4 heterocycles. The van der Waals surface area contributed by atoms with Crippen molar-refractivity contribution in [2.24, 2.45) is 0 Å². The smallest absolute Gasteiger partial charge is 0.280 e. The van der Waals surface area contributed by atoms with Crippen molar-refractivity contribution in [2.75, 3.05) is 0 Å². The molecular weight excluding hydrogens is 472 g/mol. The molecule has 0 radical (unpaired) electrons. The van der Waals surface area contributed by atoms with E-state index in [0.29, 0.717) is 9.34 Å². The predicted octanol–water partition coefficient (Wildman–Crippen LogP) is 4.65. The Labute approximate surface area is 205 Å². The number of hydrogen-bond acceptors (Lipinski definition) is 7. The quantitative estimate of drug-likeness (QED) is 0.418. The first-order valence-corrected chi connectivity index (χ1v) is 12.4. The summed E-state index contributed by atoms with van der Waals surface area (Å²) < 4.78 is 2.66. The van der Waals surface area contributed by atoms with Crippen LogP contribution in [0.2, 0.25) is 4.34 Å². The SMILES string of the molecule is CC(=O)Cc1nc2cnc(-c3ccccn3)cc2n1[C@@H]1CCC[C@H](NC(=O)c2ncc(Cl)s2)C1. The van der Waals surface area contributed by atoms with Gasteiger partial charge in [0.25, 0.3) is 5.91 Å². The van der Waals surface area contributed by atoms with Crippen molar-refractivity contribution in [3.63, 3.8) is 0 Å². The van der Waals surface area contributed by atoms with Gasteiger partial charge in [0.05, 0.1) is 35.7 Å². The monoisotopic (exact) mass is 494 g/mol. The highest BCUT2D eigenvalue weighted by Crippen LogP contribution is 2.34. The van der Waals surface area contributed by atoms with Crippen LogP contribution < -0.4 is 5.32 Å². The van der Waals surface area contributed by atoms with Crippen LogP contribution in [0, 0.1) is 0 Å². The second-order valence-electron chi connectivity index (χ2n) is 8.51. The third kappa shape index (κ3) is 4.71. The molecule has 0 aromatic carbocycles. The molecule has 10 heteroatoms. The third-order valence-corrected chi connectivity index (χ3v) is 7.12. The summed E-state index contributed by atoms with van der Waals surface area (Å²) in [4.78, 5) is 42.5. The number of fused-ring (bicyclic) bond motifs is 1. The lowest BCUT2D eigenvalue weighted by atomic mass is 9.90. The fraction of sp³-hybridized carbons (Fsp3) is 0.333. The van der Waals surface area contributed by atoms with Crippen LogP contribution in [0.25, 0.3) is 22.4 Å². The Balaban J connectivity index is 1.47. The molecule has 4 aromatic rings. The van der Waals surface area contributed by atoms with E-state index in [1.165, 1.54) is 17.5 Å². The van der Waals surface area contributed by atoms with Crippen LogP contribution >= 0.6 is 22.9 Å². The summed E-state index contributed by atoms with van der Waals surface area (Å²) in [5.41, 5.74) is 3.21. The molecule has 2 atom stereocenters. The number of aromatic nitrogens is 5. The molecule has 4 aromatic heterocycles. The molecule has 0 bridgehead atoms. The molecule has 0 unspecified atom stereocenters. The Kier molecular flexibility index (Phi) is 6.38. The average Bonchev–Trinajstić information content (AvgIpc) is 3.42. The van der Waals surface area contributed by atoms with Crippen molar-refractivity contribution in [1.82, 2.24) is 29.8 Å². The molecule has 174 valence electrons. The van der Waals surface area contributed by atoms with Crippen molar-refractivity contribution in [3.8, 4) is 11.4 Å². The Bertz CT molecular complexity index is 1350. The van der Waals surface area contributed by atoms with Crippen LogP contribution in [0.4, 0.5) is 0 Å². The Hall–Kier alpha value is -3.17. The summed E-state index contributed by atoms with van der Waals surface area (Å²) in [6, 6.07) is 7.80. The highest BCUT2D eigenvalue weighted by Gasteiger charge is 2.29. The second kappa shape index (κ2) is 9.60. The van der Waals surface area contributed by atoms with E-state index in [2.05, 4.69) is 24.8 Å². The van der Waals surface area contributed by atoms with Gasteiger partial charge in [-0.15, -0.1) is 0 Å². The number of Topliss-reactive ketones (excluding diaryl/α,β-unsaturated/α-hetero) is 1. The number of rotatable bonds is 6. The number of carbonyl (C=O) groups is 2. The molecule has 1 N–H and O–H groups in total. The first-order chi connectivity index (χ1) is 16.5. The van der Waals surface area contributed by atoms with E-state index < -0.39 is 0 Å². The van der Waals surface area contributed by atoms with E-state index in [9.17, 15) is 9.59 Å². The lowest BCUT2D eigenvalue weighted by Crippen LogP contribution is -2.39. The molecule has 1 saturated carbocycles. The van der Waals surface area contributed by atoms with E-state index >= 15 is 0 Å². The minimum atomic E-state index is -0.205. The number of halogens is 1. The zero-order chi connectivity index (χ0) is 23.7. The van der Waals surface area contributed by atoms with Gasteiger partial charge in [0, 0.05) is 18.3 Å². The minimum absolute atomic E-state index is 0.00588. The van der Waals surface area contributed by atoms with Crippen molar-refractivity contribution in [1.29, 1.82) is 0 Å². The summed E-state index contributed by atoms with van der Waals surface area (Å²) >= 11 is 7.11. The lowest BCUT2D eigenvalue weighted by Gasteiger charge is -2.31. The summed E-state index contributed by atoms with van der Waals surface area (Å²) in [7, 11) is 0. The Morgan fingerprint density at radius 1 is 1.18 bits per heavy atom. The van der Waals surface area contributed by atoms with Gasteiger partial charge in [-0.3, -0.25) is 19.6 Å². The van der Waals surface area contributed by atoms with Gasteiger partial charge in [0.1, 0.15) is 21.5 Å². The first-order valence-electron chi connectivity index (χ1n) is 11.2. The molecule has 0 saturated heterocycles. The van der Waals surface area contributed by atoms with Crippen molar-refractivity contribution < 1.29 is 9.59 Å². The van der Waals surface area contributed by atoms with Crippen LogP contribution in [0.5, 0.6) is 0 Å². The Morgan fingerprint density at radius 2 is 2.06 bits per heavy atom. The molecule has 1 aliphatic carbocycles. The van der Waals surface area contributed by atoms with Gasteiger partial charge in [-0.1, -0.05) is 29.0 Å². The molecule has 0 aliphatic heterocycles. The van der Waals surface area contributed by atoms with Crippen molar-refractivity contribution >= 4 is 45.7 Å². The van der Waals surface area contributed by atoms with E-state index in [4.69, 9.17) is 16.6 Å². The van der Waals surface area contributed by atoms with Crippen LogP contribution in [0.15, 0.2) is 42.9 Å². The van der Waals surface area contributed by atoms with Gasteiger partial charge in [-0.2, -0.15) is 0 Å². The average molecular weight is 495 g/mol. The van der Waals surface area contributed by atoms with Gasteiger partial charge in [0.2, 0.25) is 0 Å². The number of hydrogen-bond donors (Lipinski definition) is 1. The minimum Gasteiger partial charge on any atom is -0.347 e. The summed E-state index contributed by atoms with van der Waals surface area (Å²) in [6.07, 6.45) is 8.73. The maximum absolute atomic E-state index is 12.6. The summed E-state index contributed by atoms with van der Waals surface area (Å²) in [5, 5.41) is 3.48. The number of amides is 1. The van der Waals surface area contributed by atoms with Crippen LogP contribution in [-0.4, -0.2) is 42.2 Å². The maximum atomic E-state index is 12.6. The molecule has 1 amide bonds. The molecule has 8 nitrogen and oxygen atoms in total. The number of imidazole rings is 1. The largest absolute Gasteiger partial charge is 0.347 e. The fourth-order valence-electron chi connectivity index (χ4n) is 4.59. The van der Waals surface area contributed by atoms with Gasteiger partial charge in [-0.05, 0) is 50.8 Å². The van der Waals surface area contributed by atoms with Crippen LogP contribution in [0.1, 0.15) is 54.3 Å². The first kappa shape index (κ1) is 22.6. The number of ketones is 1. The highest BCUT2D eigenvalue weighted by atomic mass is 35.5. The number of nitrogens with one attached hydrogen (secondary N) is 1. The van der Waals surface area contributed by atoms with Crippen LogP contribution in [0.3, 0.4) is 0 Å². The standard InChI is InChI=1S/C24H23ClN6O2S/c1-14(32)9-22-30-19-12-27-18(17-7-2-3-8-26-17)11-20(19)31(22)16-6-4-5-15(10-16)29-23(33)24-28-13-21(25)34-24/h2-3,7-8,11-13,15-16H,4-6,9-10H2,1H3,(H,29,33)/t15-,16+/m0/s1. The van der Waals surface area contributed by atoms with Crippen LogP contribution in [-0.2, 0) is 11.2 Å². The van der Waals surface area contributed by atoms with Gasteiger partial charge in [0.15, 0.2) is 5.01 Å². The predicted molar refractivity (Wildman–Crippen MR) is 131 cm³/mol. The van der Waals surface area contributed by atoms with Gasteiger partial charge < -0.3 is 9.88 Å². The number of pyridine rings is 2. The number of carbonyl (C=O) groups excluding carboxylic acids is 2. The molecule has 34 heavy (non-hydrogen) atoms. The summed E-state index contributed by atoms with van der Waals surface area (Å²) in [6.45, 7) is 1.57. The Morgan fingerprint density at radius 3 is 2.79 bits per heavy atom. The van der Waals surface area contributed by atoms with Crippen molar-refractivity contribution in [3.05, 3.63) is 58.0 Å². The molecule has 5 rings (SSSR count). The van der Waals surface area contributed by atoms with Crippen molar-refractivity contribution in [2.45, 2.75) is 51.1 Å². The van der Waals surface area contributed by atoms with E-state index in [1.54, 1.807) is 19.3 Å². The molecule has 1 aliphatic rings. The maximum Gasteiger partial charge on any atom is 0.280 e. The third-order valence-electron chi connectivity index (χ3n) is 6.00. The molecular formula is C24H23ClN6O2S. The van der Waals surface area contributed by atoms with Gasteiger partial charge in [-0.25, -0.2) is 9.97 Å². The van der Waals surface area contributed by atoms with E-state index in [-0.39, 0.29) is 30.2 Å². The van der Waals surface area contributed by atoms with E-state index in [1.807, 2.05) is 24.3 Å². The molecule has 0 spiro atoms.